The smallest absolute Gasteiger partial charge is 0.0876 e. The van der Waals surface area contributed by atoms with Gasteiger partial charge < -0.3 is 5.11 Å². The van der Waals surface area contributed by atoms with Crippen LogP contribution in [0.15, 0.2) is 12.4 Å². The van der Waals surface area contributed by atoms with Gasteiger partial charge in [0.15, 0.2) is 0 Å². The Morgan fingerprint density at radius 3 is 2.53 bits per heavy atom. The summed E-state index contributed by atoms with van der Waals surface area (Å²) in [7, 11) is 1.90. The minimum Gasteiger partial charge on any atom is -0.388 e. The first-order valence-corrected chi connectivity index (χ1v) is 6.70. The fourth-order valence-electron chi connectivity index (χ4n) is 3.42. The molecule has 1 heterocycles. The SMILES string of the molecule is CC(C)CC1(C(O)c2cnn(C)c2)CCCC1. The van der Waals surface area contributed by atoms with Gasteiger partial charge >= 0.3 is 0 Å². The van der Waals surface area contributed by atoms with Crippen LogP contribution >= 0.6 is 0 Å². The normalized spacial score (nSPS) is 21.0. The van der Waals surface area contributed by atoms with E-state index >= 15 is 0 Å². The third-order valence-corrected chi connectivity index (χ3v) is 4.03. The molecule has 0 amide bonds. The summed E-state index contributed by atoms with van der Waals surface area (Å²) >= 11 is 0. The van der Waals surface area contributed by atoms with Crippen LogP contribution in [0.4, 0.5) is 0 Å². The van der Waals surface area contributed by atoms with Crippen LogP contribution < -0.4 is 0 Å². The van der Waals surface area contributed by atoms with Crippen LogP contribution in [-0.4, -0.2) is 14.9 Å². The molecule has 1 aliphatic rings. The van der Waals surface area contributed by atoms with Gasteiger partial charge in [0.05, 0.1) is 12.3 Å². The van der Waals surface area contributed by atoms with Crippen molar-refractivity contribution in [3.8, 4) is 0 Å². The molecule has 0 aliphatic heterocycles. The summed E-state index contributed by atoms with van der Waals surface area (Å²) < 4.78 is 1.77. The van der Waals surface area contributed by atoms with E-state index in [0.29, 0.717) is 5.92 Å². The Labute approximate surface area is 104 Å². The topological polar surface area (TPSA) is 38.1 Å². The zero-order chi connectivity index (χ0) is 12.5. The third kappa shape index (κ3) is 2.54. The van der Waals surface area contributed by atoms with E-state index in [2.05, 4.69) is 18.9 Å². The van der Waals surface area contributed by atoms with Gasteiger partial charge in [0.2, 0.25) is 0 Å². The van der Waals surface area contributed by atoms with E-state index < -0.39 is 0 Å². The fraction of sp³-hybridized carbons (Fsp3) is 0.786. The summed E-state index contributed by atoms with van der Waals surface area (Å²) in [6.45, 7) is 4.49. The molecule has 1 N–H and O–H groups in total. The Morgan fingerprint density at radius 1 is 1.41 bits per heavy atom. The van der Waals surface area contributed by atoms with E-state index in [0.717, 1.165) is 24.8 Å². The Balaban J connectivity index is 2.21. The van der Waals surface area contributed by atoms with Gasteiger partial charge in [-0.05, 0) is 25.2 Å². The molecular formula is C14H24N2O. The number of rotatable bonds is 4. The molecule has 1 fully saturated rings. The molecule has 1 unspecified atom stereocenters. The summed E-state index contributed by atoms with van der Waals surface area (Å²) in [6.07, 6.45) is 9.34. The molecule has 17 heavy (non-hydrogen) atoms. The van der Waals surface area contributed by atoms with Crippen LogP contribution in [0.5, 0.6) is 0 Å². The van der Waals surface area contributed by atoms with Crippen LogP contribution in [0.3, 0.4) is 0 Å². The van der Waals surface area contributed by atoms with Gasteiger partial charge in [0.1, 0.15) is 0 Å². The van der Waals surface area contributed by atoms with Crippen LogP contribution in [0, 0.1) is 11.3 Å². The number of nitrogens with zero attached hydrogens (tertiary/aromatic N) is 2. The van der Waals surface area contributed by atoms with Crippen LogP contribution in [-0.2, 0) is 7.05 Å². The van der Waals surface area contributed by atoms with Gasteiger partial charge in [-0.3, -0.25) is 4.68 Å². The monoisotopic (exact) mass is 236 g/mol. The summed E-state index contributed by atoms with van der Waals surface area (Å²) in [6, 6.07) is 0. The van der Waals surface area contributed by atoms with Crippen molar-refractivity contribution in [1.29, 1.82) is 0 Å². The molecule has 0 bridgehead atoms. The van der Waals surface area contributed by atoms with Crippen LogP contribution in [0.25, 0.3) is 0 Å². The van der Waals surface area contributed by atoms with Gasteiger partial charge in [-0.2, -0.15) is 5.10 Å². The lowest BCUT2D eigenvalue weighted by atomic mass is 9.72. The number of aryl methyl sites for hydroxylation is 1. The number of hydrogen-bond donors (Lipinski definition) is 1. The van der Waals surface area contributed by atoms with Gasteiger partial charge in [-0.1, -0.05) is 26.7 Å². The Kier molecular flexibility index (Phi) is 3.57. The van der Waals surface area contributed by atoms with E-state index in [1.54, 1.807) is 4.68 Å². The molecular weight excluding hydrogens is 212 g/mol. The van der Waals surface area contributed by atoms with E-state index in [1.807, 2.05) is 19.4 Å². The first kappa shape index (κ1) is 12.6. The first-order valence-electron chi connectivity index (χ1n) is 6.70. The number of hydrogen-bond acceptors (Lipinski definition) is 2. The van der Waals surface area contributed by atoms with Crippen molar-refractivity contribution in [2.75, 3.05) is 0 Å². The van der Waals surface area contributed by atoms with E-state index in [-0.39, 0.29) is 11.5 Å². The highest BCUT2D eigenvalue weighted by Crippen LogP contribution is 2.51. The minimum atomic E-state index is -0.346. The van der Waals surface area contributed by atoms with Crippen molar-refractivity contribution >= 4 is 0 Å². The van der Waals surface area contributed by atoms with Crippen molar-refractivity contribution in [3.05, 3.63) is 18.0 Å². The highest BCUT2D eigenvalue weighted by atomic mass is 16.3. The largest absolute Gasteiger partial charge is 0.388 e. The molecule has 3 nitrogen and oxygen atoms in total. The van der Waals surface area contributed by atoms with Crippen molar-refractivity contribution in [2.45, 2.75) is 52.1 Å². The zero-order valence-electron chi connectivity index (χ0n) is 11.2. The molecule has 0 radical (unpaired) electrons. The zero-order valence-corrected chi connectivity index (χ0v) is 11.2. The molecule has 0 aromatic carbocycles. The molecule has 1 atom stereocenters. The molecule has 3 heteroatoms. The highest BCUT2D eigenvalue weighted by Gasteiger charge is 2.41. The molecule has 1 saturated carbocycles. The Morgan fingerprint density at radius 2 is 2.06 bits per heavy atom. The van der Waals surface area contributed by atoms with Crippen molar-refractivity contribution in [2.24, 2.45) is 18.4 Å². The average molecular weight is 236 g/mol. The highest BCUT2D eigenvalue weighted by molar-refractivity contribution is 5.13. The van der Waals surface area contributed by atoms with Crippen LogP contribution in [0.1, 0.15) is 57.6 Å². The molecule has 0 saturated heterocycles. The van der Waals surface area contributed by atoms with Crippen molar-refractivity contribution < 1.29 is 5.11 Å². The Hall–Kier alpha value is -0.830. The lowest BCUT2D eigenvalue weighted by Gasteiger charge is -2.35. The van der Waals surface area contributed by atoms with Gasteiger partial charge in [0.25, 0.3) is 0 Å². The maximum absolute atomic E-state index is 10.7. The van der Waals surface area contributed by atoms with Gasteiger partial charge in [-0.25, -0.2) is 0 Å². The second-order valence-electron chi connectivity index (χ2n) is 6.02. The van der Waals surface area contributed by atoms with Gasteiger partial charge in [-0.15, -0.1) is 0 Å². The van der Waals surface area contributed by atoms with Crippen molar-refractivity contribution in [3.63, 3.8) is 0 Å². The lowest BCUT2D eigenvalue weighted by Crippen LogP contribution is -2.27. The van der Waals surface area contributed by atoms with E-state index in [1.165, 1.54) is 12.8 Å². The molecule has 2 rings (SSSR count). The van der Waals surface area contributed by atoms with E-state index in [4.69, 9.17) is 0 Å². The standard InChI is InChI=1S/C14H24N2O/c1-11(2)8-14(6-4-5-7-14)13(17)12-9-15-16(3)10-12/h9-11,13,17H,4-8H2,1-3H3. The summed E-state index contributed by atoms with van der Waals surface area (Å²) in [5, 5.41) is 14.9. The molecule has 1 aromatic rings. The molecule has 1 aliphatic carbocycles. The third-order valence-electron chi connectivity index (χ3n) is 4.03. The quantitative estimate of drug-likeness (QED) is 0.872. The predicted octanol–water partition coefficient (Wildman–Crippen LogP) is 3.06. The predicted molar refractivity (Wildman–Crippen MR) is 68.5 cm³/mol. The maximum Gasteiger partial charge on any atom is 0.0876 e. The lowest BCUT2D eigenvalue weighted by molar-refractivity contribution is 0.0111. The van der Waals surface area contributed by atoms with E-state index in [9.17, 15) is 5.11 Å². The first-order chi connectivity index (χ1) is 8.03. The minimum absolute atomic E-state index is 0.0944. The maximum atomic E-state index is 10.7. The van der Waals surface area contributed by atoms with Crippen LogP contribution in [0.2, 0.25) is 0 Å². The second-order valence-corrected chi connectivity index (χ2v) is 6.02. The fourth-order valence-corrected chi connectivity index (χ4v) is 3.42. The summed E-state index contributed by atoms with van der Waals surface area (Å²) in [5.41, 5.74) is 1.08. The second kappa shape index (κ2) is 4.81. The number of aliphatic hydroxyl groups excluding tert-OH is 1. The number of aliphatic hydroxyl groups is 1. The molecule has 1 aromatic heterocycles. The molecule has 96 valence electrons. The van der Waals surface area contributed by atoms with Gasteiger partial charge in [0, 0.05) is 24.2 Å². The summed E-state index contributed by atoms with van der Waals surface area (Å²) in [5.74, 6) is 0.638. The Bertz CT molecular complexity index is 364. The average Bonchev–Trinajstić information content (AvgIpc) is 2.86. The molecule has 0 spiro atoms. The van der Waals surface area contributed by atoms with Crippen molar-refractivity contribution in [1.82, 2.24) is 9.78 Å². The summed E-state index contributed by atoms with van der Waals surface area (Å²) in [4.78, 5) is 0. The number of aromatic nitrogens is 2.